The van der Waals surface area contributed by atoms with Gasteiger partial charge >= 0.3 is 5.97 Å². The van der Waals surface area contributed by atoms with E-state index in [-0.39, 0.29) is 17.2 Å². The van der Waals surface area contributed by atoms with Gasteiger partial charge in [0.25, 0.3) is 5.91 Å². The van der Waals surface area contributed by atoms with Gasteiger partial charge in [-0.1, -0.05) is 42.0 Å². The summed E-state index contributed by atoms with van der Waals surface area (Å²) in [5, 5.41) is 3.96. The first-order valence-corrected chi connectivity index (χ1v) is 11.2. The molecule has 36 heavy (non-hydrogen) atoms. The molecule has 4 rings (SSSR count). The van der Waals surface area contributed by atoms with Gasteiger partial charge in [-0.2, -0.15) is 5.10 Å². The summed E-state index contributed by atoms with van der Waals surface area (Å²) in [6.45, 7) is 2.47. The lowest BCUT2D eigenvalue weighted by Gasteiger charge is -2.07. The van der Waals surface area contributed by atoms with Crippen molar-refractivity contribution in [3.05, 3.63) is 131 Å². The van der Waals surface area contributed by atoms with E-state index in [1.54, 1.807) is 54.6 Å². The molecule has 4 aromatic rings. The number of rotatable bonds is 8. The Hall–Kier alpha value is -4.78. The summed E-state index contributed by atoms with van der Waals surface area (Å²) >= 11 is 0. The van der Waals surface area contributed by atoms with Crippen molar-refractivity contribution in [3.8, 4) is 11.5 Å². The zero-order valence-corrected chi connectivity index (χ0v) is 19.5. The number of hydrazone groups is 1. The lowest BCUT2D eigenvalue weighted by Crippen LogP contribution is -2.17. The zero-order chi connectivity index (χ0) is 25.3. The Morgan fingerprint density at radius 1 is 0.861 bits per heavy atom. The van der Waals surface area contributed by atoms with E-state index in [1.165, 1.54) is 30.0 Å². The van der Waals surface area contributed by atoms with Crippen molar-refractivity contribution >= 4 is 18.1 Å². The molecule has 6 nitrogen and oxygen atoms in total. The number of hydrogen-bond donors (Lipinski definition) is 1. The third kappa shape index (κ3) is 6.64. The number of hydrogen-bond acceptors (Lipinski definition) is 5. The predicted molar refractivity (Wildman–Crippen MR) is 135 cm³/mol. The lowest BCUT2D eigenvalue weighted by atomic mass is 10.2. The molecule has 0 bridgehead atoms. The maximum Gasteiger partial charge on any atom is 0.346 e. The SMILES string of the molecule is Cc1ccc(COc2ccc(C(=O)N/N=C\c3ccc(OC(=O)c4ccccc4F)cc3)cc2)cc1. The van der Waals surface area contributed by atoms with Crippen molar-refractivity contribution in [1.29, 1.82) is 0 Å². The fourth-order valence-corrected chi connectivity index (χ4v) is 3.19. The van der Waals surface area contributed by atoms with Crippen LogP contribution in [0.3, 0.4) is 0 Å². The quantitative estimate of drug-likeness (QED) is 0.151. The minimum atomic E-state index is -0.784. The van der Waals surface area contributed by atoms with Crippen LogP contribution >= 0.6 is 0 Å². The van der Waals surface area contributed by atoms with Gasteiger partial charge in [0.2, 0.25) is 0 Å². The Bertz CT molecular complexity index is 1370. The Balaban J connectivity index is 1.26. The predicted octanol–water partition coefficient (Wildman–Crippen LogP) is 5.70. The maximum atomic E-state index is 13.7. The van der Waals surface area contributed by atoms with Crippen molar-refractivity contribution in [2.45, 2.75) is 13.5 Å². The monoisotopic (exact) mass is 482 g/mol. The van der Waals surface area contributed by atoms with E-state index < -0.39 is 11.8 Å². The first-order valence-electron chi connectivity index (χ1n) is 11.2. The molecule has 1 amide bonds. The standard InChI is InChI=1S/C29H23FN2O4/c1-20-6-8-22(9-7-20)19-35-24-16-12-23(13-17-24)28(33)32-31-18-21-10-14-25(15-11-21)36-29(34)26-4-2-3-5-27(26)30/h2-18H,19H2,1H3,(H,32,33)/b31-18-. The van der Waals surface area contributed by atoms with Crippen LogP contribution in [0.2, 0.25) is 0 Å². The fourth-order valence-electron chi connectivity index (χ4n) is 3.19. The molecule has 0 atom stereocenters. The number of carbonyl (C=O) groups excluding carboxylic acids is 2. The average molecular weight is 483 g/mol. The third-order valence-electron chi connectivity index (χ3n) is 5.21. The molecule has 0 saturated heterocycles. The maximum absolute atomic E-state index is 13.7. The molecule has 0 saturated carbocycles. The normalized spacial score (nSPS) is 10.7. The highest BCUT2D eigenvalue weighted by Gasteiger charge is 2.13. The van der Waals surface area contributed by atoms with Crippen molar-refractivity contribution in [3.63, 3.8) is 0 Å². The molecule has 0 aliphatic heterocycles. The number of carbonyl (C=O) groups is 2. The molecule has 0 aliphatic carbocycles. The van der Waals surface area contributed by atoms with Crippen molar-refractivity contribution < 1.29 is 23.5 Å². The molecule has 0 radical (unpaired) electrons. The van der Waals surface area contributed by atoms with Gasteiger partial charge in [-0.25, -0.2) is 14.6 Å². The number of nitrogens with one attached hydrogen (secondary N) is 1. The molecule has 4 aromatic carbocycles. The van der Waals surface area contributed by atoms with Crippen molar-refractivity contribution in [2.24, 2.45) is 5.10 Å². The number of halogens is 1. The Morgan fingerprint density at radius 3 is 2.22 bits per heavy atom. The second-order valence-electron chi connectivity index (χ2n) is 7.94. The van der Waals surface area contributed by atoms with Crippen molar-refractivity contribution in [2.75, 3.05) is 0 Å². The topological polar surface area (TPSA) is 77.0 Å². The van der Waals surface area contributed by atoms with Crippen LogP contribution in [0, 0.1) is 12.7 Å². The lowest BCUT2D eigenvalue weighted by molar-refractivity contribution is 0.0729. The number of amides is 1. The number of benzene rings is 4. The van der Waals surface area contributed by atoms with Gasteiger partial charge in [0.05, 0.1) is 11.8 Å². The van der Waals surface area contributed by atoms with Gasteiger partial charge in [-0.15, -0.1) is 0 Å². The molecule has 0 aliphatic rings. The van der Waals surface area contributed by atoms with Gasteiger partial charge < -0.3 is 9.47 Å². The third-order valence-corrected chi connectivity index (χ3v) is 5.21. The molecule has 0 unspecified atom stereocenters. The van der Waals surface area contributed by atoms with Crippen LogP contribution in [-0.4, -0.2) is 18.1 Å². The molecule has 0 fully saturated rings. The summed E-state index contributed by atoms with van der Waals surface area (Å²) in [5.41, 5.74) is 5.68. The van der Waals surface area contributed by atoms with Gasteiger partial charge in [0.15, 0.2) is 0 Å². The molecule has 0 aromatic heterocycles. The van der Waals surface area contributed by atoms with Crippen LogP contribution in [0.5, 0.6) is 11.5 Å². The van der Waals surface area contributed by atoms with Gasteiger partial charge in [-0.3, -0.25) is 4.79 Å². The van der Waals surface area contributed by atoms with E-state index in [0.29, 0.717) is 23.5 Å². The van der Waals surface area contributed by atoms with Crippen molar-refractivity contribution in [1.82, 2.24) is 5.43 Å². The van der Waals surface area contributed by atoms with E-state index in [4.69, 9.17) is 9.47 Å². The summed E-state index contributed by atoms with van der Waals surface area (Å²) in [7, 11) is 0. The van der Waals surface area contributed by atoms with Crippen LogP contribution in [-0.2, 0) is 6.61 Å². The molecule has 7 heteroatoms. The van der Waals surface area contributed by atoms with E-state index in [0.717, 1.165) is 5.56 Å². The minimum Gasteiger partial charge on any atom is -0.489 e. The summed E-state index contributed by atoms with van der Waals surface area (Å²) in [6.07, 6.45) is 1.46. The van der Waals surface area contributed by atoms with E-state index in [1.807, 2.05) is 31.2 Å². The fraction of sp³-hybridized carbons (Fsp3) is 0.0690. The smallest absolute Gasteiger partial charge is 0.346 e. The minimum absolute atomic E-state index is 0.142. The first-order chi connectivity index (χ1) is 17.5. The first kappa shape index (κ1) is 24.3. The van der Waals surface area contributed by atoms with Crippen LogP contribution in [0.4, 0.5) is 4.39 Å². The summed E-state index contributed by atoms with van der Waals surface area (Å²) < 4.78 is 24.7. The second kappa shape index (κ2) is 11.6. The largest absolute Gasteiger partial charge is 0.489 e. The molecular formula is C29H23FN2O4. The number of ether oxygens (including phenoxy) is 2. The second-order valence-corrected chi connectivity index (χ2v) is 7.94. The Morgan fingerprint density at radius 2 is 1.53 bits per heavy atom. The van der Waals surface area contributed by atoms with Gasteiger partial charge in [0, 0.05) is 5.56 Å². The summed E-state index contributed by atoms with van der Waals surface area (Å²) in [6, 6.07) is 26.9. The molecule has 0 spiro atoms. The highest BCUT2D eigenvalue weighted by Crippen LogP contribution is 2.16. The van der Waals surface area contributed by atoms with Crippen LogP contribution < -0.4 is 14.9 Å². The number of esters is 1. The molecule has 180 valence electrons. The number of nitrogens with zero attached hydrogens (tertiary/aromatic N) is 1. The Kier molecular flexibility index (Phi) is 7.83. The molecule has 1 N–H and O–H groups in total. The van der Waals surface area contributed by atoms with E-state index in [9.17, 15) is 14.0 Å². The summed E-state index contributed by atoms with van der Waals surface area (Å²) in [5.74, 6) is -0.882. The Labute approximate surface area is 208 Å². The van der Waals surface area contributed by atoms with E-state index in [2.05, 4.69) is 10.5 Å². The highest BCUT2D eigenvalue weighted by atomic mass is 19.1. The van der Waals surface area contributed by atoms with E-state index >= 15 is 0 Å². The van der Waals surface area contributed by atoms with Gasteiger partial charge in [0.1, 0.15) is 23.9 Å². The highest BCUT2D eigenvalue weighted by molar-refractivity contribution is 5.95. The summed E-state index contributed by atoms with van der Waals surface area (Å²) in [4.78, 5) is 24.4. The molecule has 0 heterocycles. The zero-order valence-electron chi connectivity index (χ0n) is 19.5. The van der Waals surface area contributed by atoms with Crippen LogP contribution in [0.15, 0.2) is 102 Å². The number of aryl methyl sites for hydroxylation is 1. The van der Waals surface area contributed by atoms with Gasteiger partial charge in [-0.05, 0) is 78.7 Å². The van der Waals surface area contributed by atoms with Crippen LogP contribution in [0.25, 0.3) is 0 Å². The average Bonchev–Trinajstić information content (AvgIpc) is 2.90. The molecular weight excluding hydrogens is 459 g/mol. The van der Waals surface area contributed by atoms with Crippen LogP contribution in [0.1, 0.15) is 37.4 Å².